The van der Waals surface area contributed by atoms with Crippen LogP contribution >= 0.6 is 0 Å². The molecule has 0 atom stereocenters. The van der Waals surface area contributed by atoms with Gasteiger partial charge in [-0.3, -0.25) is 0 Å². The molecular weight excluding hydrogens is 203 g/mol. The molecule has 0 saturated heterocycles. The molecule has 0 aliphatic rings. The van der Waals surface area contributed by atoms with Gasteiger partial charge in [-0.05, 0) is 17.9 Å². The van der Waals surface area contributed by atoms with E-state index in [4.69, 9.17) is 4.74 Å². The summed E-state index contributed by atoms with van der Waals surface area (Å²) >= 11 is 0. The molecule has 0 radical (unpaired) electrons. The lowest BCUT2D eigenvalue weighted by Crippen LogP contribution is -2.26. The molecule has 0 unspecified atom stereocenters. The van der Waals surface area contributed by atoms with Gasteiger partial charge in [-0.25, -0.2) is 4.79 Å². The number of unbranched alkanes of at least 4 members (excludes halogenated alkanes) is 1. The Balaban J connectivity index is 2.64. The van der Waals surface area contributed by atoms with Crippen molar-refractivity contribution in [3.8, 4) is 0 Å². The van der Waals surface area contributed by atoms with Crippen LogP contribution in [0.5, 0.6) is 0 Å². The molecule has 0 heterocycles. The number of carbonyl (C=O) groups is 1. The summed E-state index contributed by atoms with van der Waals surface area (Å²) in [6, 6.07) is 6.89. The highest BCUT2D eigenvalue weighted by molar-refractivity contribution is 6.64. The second kappa shape index (κ2) is 6.33. The molecule has 0 saturated carbocycles. The molecule has 0 amide bonds. The van der Waals surface area contributed by atoms with Crippen LogP contribution in [0.3, 0.4) is 0 Å². The van der Waals surface area contributed by atoms with Crippen LogP contribution in [0.1, 0.15) is 30.1 Å². The Bertz CT molecular complexity index is 350. The zero-order chi connectivity index (χ0) is 12.0. The Morgan fingerprint density at radius 3 is 2.88 bits per heavy atom. The predicted octanol–water partition coefficient (Wildman–Crippen LogP) is 1.46. The van der Waals surface area contributed by atoms with Crippen LogP contribution < -0.4 is 5.46 Å². The predicted molar refractivity (Wildman–Crippen MR) is 65.1 cm³/mol. The van der Waals surface area contributed by atoms with Gasteiger partial charge in [0.15, 0.2) is 0 Å². The third kappa shape index (κ3) is 3.70. The van der Waals surface area contributed by atoms with Crippen molar-refractivity contribution in [3.63, 3.8) is 0 Å². The van der Waals surface area contributed by atoms with Gasteiger partial charge in [0.05, 0.1) is 12.2 Å². The monoisotopic (exact) mass is 220 g/mol. The highest BCUT2D eigenvalue weighted by Crippen LogP contribution is 2.01. The van der Waals surface area contributed by atoms with Crippen LogP contribution in [0.25, 0.3) is 0 Å². The van der Waals surface area contributed by atoms with E-state index in [0.29, 0.717) is 12.2 Å². The number of benzene rings is 1. The molecule has 0 aliphatic carbocycles. The van der Waals surface area contributed by atoms with Gasteiger partial charge in [0.2, 0.25) is 0 Å². The minimum Gasteiger partial charge on any atom is -0.462 e. The first-order chi connectivity index (χ1) is 7.65. The van der Waals surface area contributed by atoms with Crippen molar-refractivity contribution >= 4 is 18.3 Å². The summed E-state index contributed by atoms with van der Waals surface area (Å²) in [5.41, 5.74) is 1.22. The van der Waals surface area contributed by atoms with Crippen molar-refractivity contribution in [1.29, 1.82) is 0 Å². The van der Waals surface area contributed by atoms with Gasteiger partial charge in [-0.1, -0.05) is 38.4 Å². The molecule has 0 bridgehead atoms. The van der Waals surface area contributed by atoms with E-state index in [9.17, 15) is 9.82 Å². The maximum Gasteiger partial charge on any atom is 0.338 e. The second-order valence-electron chi connectivity index (χ2n) is 3.79. The Morgan fingerprint density at radius 2 is 2.25 bits per heavy atom. The molecule has 1 aromatic carbocycles. The third-order valence-corrected chi connectivity index (χ3v) is 2.34. The smallest absolute Gasteiger partial charge is 0.338 e. The molecule has 0 aromatic heterocycles. The molecule has 0 spiro atoms. The van der Waals surface area contributed by atoms with Gasteiger partial charge < -0.3 is 9.76 Å². The molecule has 4 heteroatoms. The molecule has 3 nitrogen and oxygen atoms in total. The van der Waals surface area contributed by atoms with Crippen molar-refractivity contribution in [2.45, 2.75) is 26.6 Å². The molecule has 0 fully saturated rings. The van der Waals surface area contributed by atoms with Crippen molar-refractivity contribution in [3.05, 3.63) is 29.8 Å². The van der Waals surface area contributed by atoms with Crippen molar-refractivity contribution in [1.82, 2.24) is 0 Å². The first kappa shape index (κ1) is 12.8. The molecule has 86 valence electrons. The molecule has 1 aromatic rings. The second-order valence-corrected chi connectivity index (χ2v) is 3.79. The van der Waals surface area contributed by atoms with E-state index in [1.807, 2.05) is 6.92 Å². The van der Waals surface area contributed by atoms with E-state index in [-0.39, 0.29) is 5.97 Å². The van der Waals surface area contributed by atoms with Crippen LogP contribution in [0.15, 0.2) is 24.3 Å². The summed E-state index contributed by atoms with van der Waals surface area (Å²) in [4.78, 5) is 11.6. The van der Waals surface area contributed by atoms with E-state index < -0.39 is 6.92 Å². The van der Waals surface area contributed by atoms with E-state index in [1.165, 1.54) is 0 Å². The van der Waals surface area contributed by atoms with Crippen molar-refractivity contribution in [2.24, 2.45) is 0 Å². The highest BCUT2D eigenvalue weighted by atomic mass is 16.5. The average molecular weight is 220 g/mol. The number of carbonyl (C=O) groups excluding carboxylic acids is 1. The largest absolute Gasteiger partial charge is 0.462 e. The molecule has 0 aliphatic heterocycles. The Labute approximate surface area is 96.5 Å². The maximum atomic E-state index is 11.6. The van der Waals surface area contributed by atoms with E-state index in [0.717, 1.165) is 18.3 Å². The lowest BCUT2D eigenvalue weighted by atomic mass is 9.64. The van der Waals surface area contributed by atoms with Crippen LogP contribution in [0.4, 0.5) is 0 Å². The first-order valence-electron chi connectivity index (χ1n) is 5.60. The van der Waals surface area contributed by atoms with Crippen LogP contribution in [-0.2, 0) is 4.74 Å². The van der Waals surface area contributed by atoms with Gasteiger partial charge in [0.1, 0.15) is 0 Å². The third-order valence-electron chi connectivity index (χ3n) is 2.34. The fraction of sp³-hybridized carbons (Fsp3) is 0.417. The zero-order valence-corrected chi connectivity index (χ0v) is 9.77. The fourth-order valence-corrected chi connectivity index (χ4v) is 1.32. The summed E-state index contributed by atoms with van der Waals surface area (Å²) in [5.74, 6) is -0.323. The van der Waals surface area contributed by atoms with Crippen molar-refractivity contribution < 1.29 is 14.6 Å². The fourth-order valence-electron chi connectivity index (χ4n) is 1.32. The number of esters is 1. The maximum absolute atomic E-state index is 11.6. The summed E-state index contributed by atoms with van der Waals surface area (Å²) in [6.45, 7) is 3.60. The molecular formula is C12H17BO3. The quantitative estimate of drug-likeness (QED) is 0.464. The summed E-state index contributed by atoms with van der Waals surface area (Å²) in [5, 5.41) is 9.39. The van der Waals surface area contributed by atoms with Gasteiger partial charge in [0.25, 0.3) is 0 Å². The topological polar surface area (TPSA) is 46.5 Å². The van der Waals surface area contributed by atoms with E-state index >= 15 is 0 Å². The lowest BCUT2D eigenvalue weighted by molar-refractivity contribution is 0.0500. The standard InChI is InChI=1S/C12H17BO3/c1-3-4-8-16-12(14)10-6-5-7-11(9-10)13(2)15/h5-7,9,15H,3-4,8H2,1-2H3. The lowest BCUT2D eigenvalue weighted by Gasteiger charge is -2.06. The van der Waals surface area contributed by atoms with Gasteiger partial charge in [-0.15, -0.1) is 0 Å². The summed E-state index contributed by atoms with van der Waals surface area (Å²) < 4.78 is 5.08. The summed E-state index contributed by atoms with van der Waals surface area (Å²) in [6.07, 6.45) is 1.88. The van der Waals surface area contributed by atoms with Crippen molar-refractivity contribution in [2.75, 3.05) is 6.61 Å². The van der Waals surface area contributed by atoms with Crippen LogP contribution in [0, 0.1) is 0 Å². The normalized spacial score (nSPS) is 9.94. The Kier molecular flexibility index (Phi) is 5.06. The average Bonchev–Trinajstić information content (AvgIpc) is 2.29. The number of hydrogen-bond donors (Lipinski definition) is 1. The first-order valence-corrected chi connectivity index (χ1v) is 5.60. The molecule has 16 heavy (non-hydrogen) atoms. The Hall–Kier alpha value is -1.29. The van der Waals surface area contributed by atoms with E-state index in [1.54, 1.807) is 31.1 Å². The number of ether oxygens (including phenoxy) is 1. The molecule has 1 N–H and O–H groups in total. The molecule has 1 rings (SSSR count). The van der Waals surface area contributed by atoms with Crippen LogP contribution in [-0.4, -0.2) is 24.5 Å². The minimum absolute atomic E-state index is 0.323. The van der Waals surface area contributed by atoms with Gasteiger partial charge >= 0.3 is 12.9 Å². The van der Waals surface area contributed by atoms with Crippen LogP contribution in [0.2, 0.25) is 6.82 Å². The summed E-state index contributed by atoms with van der Waals surface area (Å²) in [7, 11) is 0. The number of rotatable bonds is 5. The number of hydrogen-bond acceptors (Lipinski definition) is 3. The minimum atomic E-state index is -0.566. The highest BCUT2D eigenvalue weighted by Gasteiger charge is 2.11. The Morgan fingerprint density at radius 1 is 1.50 bits per heavy atom. The van der Waals surface area contributed by atoms with Gasteiger partial charge in [-0.2, -0.15) is 0 Å². The van der Waals surface area contributed by atoms with Gasteiger partial charge in [0, 0.05) is 0 Å². The SMILES string of the molecule is CCCCOC(=O)c1cccc(B(C)O)c1. The van der Waals surface area contributed by atoms with E-state index in [2.05, 4.69) is 0 Å². The zero-order valence-electron chi connectivity index (χ0n) is 9.77.